The SMILES string of the molecule is COc1ccccc1C(C)(C)C(OCCc1ccccc1)Oc1ccc(C(CC(C)(C)C)C(C)(C)CCC(C)(C)CC(c2ccc(O)cc2)C(C)(C)C)cc1. The highest BCUT2D eigenvalue weighted by Crippen LogP contribution is 2.50. The van der Waals surface area contributed by atoms with Crippen molar-refractivity contribution in [2.45, 2.75) is 139 Å². The van der Waals surface area contributed by atoms with Gasteiger partial charge in [0.15, 0.2) is 0 Å². The summed E-state index contributed by atoms with van der Waals surface area (Å²) in [5.41, 5.74) is 4.93. The van der Waals surface area contributed by atoms with E-state index < -0.39 is 11.7 Å². The number of aromatic hydroxyl groups is 1. The molecule has 3 atom stereocenters. The van der Waals surface area contributed by atoms with Crippen LogP contribution in [0.25, 0.3) is 0 Å². The van der Waals surface area contributed by atoms with Gasteiger partial charge < -0.3 is 19.3 Å². The van der Waals surface area contributed by atoms with Gasteiger partial charge in [0.1, 0.15) is 17.2 Å². The van der Waals surface area contributed by atoms with Crippen molar-refractivity contribution < 1.29 is 19.3 Å². The summed E-state index contributed by atoms with van der Waals surface area (Å²) < 4.78 is 19.2. The van der Waals surface area contributed by atoms with E-state index in [1.54, 1.807) is 7.11 Å². The summed E-state index contributed by atoms with van der Waals surface area (Å²) in [7, 11) is 1.72. The van der Waals surface area contributed by atoms with Gasteiger partial charge in [0.2, 0.25) is 6.29 Å². The smallest absolute Gasteiger partial charge is 0.209 e. The number of ether oxygens (including phenoxy) is 3. The highest BCUT2D eigenvalue weighted by Gasteiger charge is 2.39. The first-order valence-electron chi connectivity index (χ1n) is 20.5. The van der Waals surface area contributed by atoms with E-state index in [0.29, 0.717) is 24.2 Å². The Morgan fingerprint density at radius 1 is 0.600 bits per heavy atom. The fraction of sp³-hybridized carbons (Fsp3) is 0.529. The van der Waals surface area contributed by atoms with E-state index in [0.717, 1.165) is 49.2 Å². The number of hydrogen-bond acceptors (Lipinski definition) is 4. The molecule has 4 nitrogen and oxygen atoms in total. The van der Waals surface area contributed by atoms with E-state index in [-0.39, 0.29) is 21.7 Å². The van der Waals surface area contributed by atoms with Gasteiger partial charge in [-0.05, 0) is 126 Å². The molecule has 4 aromatic carbocycles. The van der Waals surface area contributed by atoms with Crippen LogP contribution in [0, 0.1) is 21.7 Å². The summed E-state index contributed by atoms with van der Waals surface area (Å²) >= 11 is 0. The minimum absolute atomic E-state index is 0.0671. The van der Waals surface area contributed by atoms with Gasteiger partial charge in [0.05, 0.1) is 19.1 Å². The number of para-hydroxylation sites is 1. The Kier molecular flexibility index (Phi) is 14.4. The molecular weight excluding hydrogens is 677 g/mol. The molecule has 0 fully saturated rings. The molecule has 0 aliphatic carbocycles. The largest absolute Gasteiger partial charge is 0.508 e. The highest BCUT2D eigenvalue weighted by molar-refractivity contribution is 5.40. The predicted molar refractivity (Wildman–Crippen MR) is 232 cm³/mol. The number of hydrogen-bond donors (Lipinski definition) is 1. The molecule has 4 aromatic rings. The van der Waals surface area contributed by atoms with Crippen LogP contribution in [0.2, 0.25) is 0 Å². The van der Waals surface area contributed by atoms with E-state index in [4.69, 9.17) is 14.2 Å². The number of benzene rings is 4. The Morgan fingerprint density at radius 2 is 1.16 bits per heavy atom. The fourth-order valence-corrected chi connectivity index (χ4v) is 8.10. The van der Waals surface area contributed by atoms with Crippen molar-refractivity contribution in [1.82, 2.24) is 0 Å². The molecule has 4 heteroatoms. The van der Waals surface area contributed by atoms with Crippen molar-refractivity contribution in [2.24, 2.45) is 21.7 Å². The maximum Gasteiger partial charge on any atom is 0.209 e. The molecule has 3 unspecified atom stereocenters. The zero-order chi connectivity index (χ0) is 40.7. The van der Waals surface area contributed by atoms with Crippen LogP contribution in [0.3, 0.4) is 0 Å². The molecule has 0 aromatic heterocycles. The molecule has 4 rings (SSSR count). The molecule has 0 heterocycles. The normalized spacial score (nSPS) is 14.6. The maximum absolute atomic E-state index is 9.97. The van der Waals surface area contributed by atoms with Gasteiger partial charge in [-0.2, -0.15) is 0 Å². The first-order chi connectivity index (χ1) is 25.6. The van der Waals surface area contributed by atoms with E-state index in [9.17, 15) is 5.11 Å². The number of phenolic OH excluding ortho intramolecular Hbond substituents is 1. The van der Waals surface area contributed by atoms with E-state index >= 15 is 0 Å². The number of methoxy groups -OCH3 is 1. The molecule has 0 amide bonds. The maximum atomic E-state index is 9.97. The number of rotatable bonds is 18. The minimum atomic E-state index is -0.541. The van der Waals surface area contributed by atoms with Crippen LogP contribution >= 0.6 is 0 Å². The van der Waals surface area contributed by atoms with Gasteiger partial charge in [0.25, 0.3) is 0 Å². The van der Waals surface area contributed by atoms with Crippen molar-refractivity contribution in [2.75, 3.05) is 13.7 Å². The summed E-state index contributed by atoms with van der Waals surface area (Å²) in [6.07, 6.45) is 4.69. The lowest BCUT2D eigenvalue weighted by molar-refractivity contribution is -0.120. The summed E-state index contributed by atoms with van der Waals surface area (Å²) in [6, 6.07) is 35.4. The fourth-order valence-electron chi connectivity index (χ4n) is 8.10. The van der Waals surface area contributed by atoms with Gasteiger partial charge >= 0.3 is 0 Å². The Morgan fingerprint density at radius 3 is 1.75 bits per heavy atom. The second kappa shape index (κ2) is 18.0. The van der Waals surface area contributed by atoms with Crippen LogP contribution in [-0.2, 0) is 16.6 Å². The first kappa shape index (κ1) is 44.0. The third-order valence-electron chi connectivity index (χ3n) is 11.7. The van der Waals surface area contributed by atoms with Gasteiger partial charge in [-0.1, -0.05) is 142 Å². The van der Waals surface area contributed by atoms with Crippen molar-refractivity contribution in [3.8, 4) is 17.2 Å². The molecule has 0 aliphatic heterocycles. The Hall–Kier alpha value is -3.76. The van der Waals surface area contributed by atoms with Gasteiger partial charge in [-0.25, -0.2) is 0 Å². The van der Waals surface area contributed by atoms with Crippen LogP contribution in [0.4, 0.5) is 0 Å². The van der Waals surface area contributed by atoms with Crippen molar-refractivity contribution in [1.29, 1.82) is 0 Å². The van der Waals surface area contributed by atoms with Crippen molar-refractivity contribution >= 4 is 0 Å². The monoisotopic (exact) mass is 749 g/mol. The van der Waals surface area contributed by atoms with E-state index in [1.807, 2.05) is 36.4 Å². The molecule has 0 spiro atoms. The molecule has 0 bridgehead atoms. The molecule has 0 radical (unpaired) electrons. The van der Waals surface area contributed by atoms with E-state index in [2.05, 4.69) is 150 Å². The lowest BCUT2D eigenvalue weighted by atomic mass is 9.63. The second-order valence-electron chi connectivity index (χ2n) is 20.2. The molecule has 300 valence electrons. The molecule has 55 heavy (non-hydrogen) atoms. The van der Waals surface area contributed by atoms with Crippen molar-refractivity contribution in [3.63, 3.8) is 0 Å². The first-order valence-corrected chi connectivity index (χ1v) is 20.5. The topological polar surface area (TPSA) is 47.9 Å². The van der Waals surface area contributed by atoms with Crippen LogP contribution in [0.1, 0.15) is 143 Å². The third kappa shape index (κ3) is 12.6. The second-order valence-corrected chi connectivity index (χ2v) is 20.2. The van der Waals surface area contributed by atoms with Crippen LogP contribution in [0.15, 0.2) is 103 Å². The Bertz CT molecular complexity index is 1740. The zero-order valence-corrected chi connectivity index (χ0v) is 36.5. The minimum Gasteiger partial charge on any atom is -0.508 e. The lowest BCUT2D eigenvalue weighted by Crippen LogP contribution is -2.41. The average molecular weight is 749 g/mol. The molecule has 0 saturated carbocycles. The lowest BCUT2D eigenvalue weighted by Gasteiger charge is -2.42. The molecular formula is C51H72O4. The molecule has 0 aliphatic rings. The standard InChI is InChI=1S/C51H72O4/c1-47(2,3)35-44(50(9,10)33-32-49(7,8)36-43(48(4,5)6)38-23-27-40(52)28-24-38)39-25-29-41(30-26-39)55-46(54-34-31-37-19-15-14-16-20-37)51(11,12)42-21-17-18-22-45(42)53-13/h14-30,43-44,46,52H,31-36H2,1-13H3. The predicted octanol–water partition coefficient (Wildman–Crippen LogP) is 13.9. The van der Waals surface area contributed by atoms with Gasteiger partial charge in [-0.15, -0.1) is 0 Å². The summed E-state index contributed by atoms with van der Waals surface area (Å²) in [6.45, 7) is 28.8. The summed E-state index contributed by atoms with van der Waals surface area (Å²) in [4.78, 5) is 0. The molecule has 1 N–H and O–H groups in total. The van der Waals surface area contributed by atoms with Crippen LogP contribution < -0.4 is 9.47 Å². The van der Waals surface area contributed by atoms with Gasteiger partial charge in [-0.3, -0.25) is 0 Å². The summed E-state index contributed by atoms with van der Waals surface area (Å²) in [5, 5.41) is 9.97. The number of phenols is 1. The summed E-state index contributed by atoms with van der Waals surface area (Å²) in [5.74, 6) is 2.71. The highest BCUT2D eigenvalue weighted by atomic mass is 16.7. The Labute approximate surface area is 335 Å². The van der Waals surface area contributed by atoms with Crippen LogP contribution in [0.5, 0.6) is 17.2 Å². The van der Waals surface area contributed by atoms with E-state index in [1.165, 1.54) is 16.7 Å². The van der Waals surface area contributed by atoms with Crippen molar-refractivity contribution in [3.05, 3.63) is 125 Å². The quantitative estimate of drug-likeness (QED) is 0.103. The van der Waals surface area contributed by atoms with Crippen LogP contribution in [-0.4, -0.2) is 25.1 Å². The molecule has 0 saturated heterocycles. The third-order valence-corrected chi connectivity index (χ3v) is 11.7. The zero-order valence-electron chi connectivity index (χ0n) is 36.5. The average Bonchev–Trinajstić information content (AvgIpc) is 3.12. The van der Waals surface area contributed by atoms with Gasteiger partial charge in [0, 0.05) is 5.56 Å². The Balaban J connectivity index is 1.56.